The van der Waals surface area contributed by atoms with Gasteiger partial charge in [-0.15, -0.1) is 11.3 Å². The van der Waals surface area contributed by atoms with E-state index in [1.807, 2.05) is 13.8 Å². The number of nitrogens with zero attached hydrogens (tertiary/aromatic N) is 2. The number of aromatic nitrogens is 1. The Balaban J connectivity index is 1.28. The van der Waals surface area contributed by atoms with E-state index in [4.69, 9.17) is 30.5 Å². The highest BCUT2D eigenvalue weighted by Crippen LogP contribution is 2.32. The molecule has 0 fully saturated rings. The molecule has 1 heterocycles. The number of rotatable bonds is 13. The van der Waals surface area contributed by atoms with Gasteiger partial charge in [-0.25, -0.2) is 14.6 Å². The predicted octanol–water partition coefficient (Wildman–Crippen LogP) is 7.47. The molecular weight excluding hydrogens is 628 g/mol. The number of benzene rings is 3. The Labute approximate surface area is 276 Å². The molecule has 238 valence electrons. The van der Waals surface area contributed by atoms with Crippen molar-refractivity contribution in [3.8, 4) is 28.1 Å². The SMILES string of the molecule is Cc1nc(-c2ccc(OCC(C)C)c(C#N)c2)sc1C(=O)OCCOC(=O)C(C)(C)Oc1ccc(C(=O)c2ccc(Cl)cc2)cc1. The lowest BCUT2D eigenvalue weighted by Gasteiger charge is -2.24. The topological polar surface area (TPSA) is 125 Å². The molecule has 0 unspecified atom stereocenters. The van der Waals surface area contributed by atoms with Gasteiger partial charge in [-0.1, -0.05) is 25.4 Å². The zero-order valence-electron chi connectivity index (χ0n) is 26.1. The van der Waals surface area contributed by atoms with Crippen molar-refractivity contribution in [3.63, 3.8) is 0 Å². The Bertz CT molecular complexity index is 1760. The predicted molar refractivity (Wildman–Crippen MR) is 175 cm³/mol. The number of thiazole rings is 1. The first kappa shape index (κ1) is 34.2. The van der Waals surface area contributed by atoms with Gasteiger partial charge in [0.25, 0.3) is 0 Å². The average molecular weight is 661 g/mol. The molecule has 11 heteroatoms. The summed E-state index contributed by atoms with van der Waals surface area (Å²) >= 11 is 7.05. The second-order valence-electron chi connectivity index (χ2n) is 11.2. The molecule has 0 aliphatic rings. The smallest absolute Gasteiger partial charge is 0.350 e. The van der Waals surface area contributed by atoms with Crippen LogP contribution in [0.3, 0.4) is 0 Å². The van der Waals surface area contributed by atoms with Crippen LogP contribution in [0.4, 0.5) is 0 Å². The molecule has 0 aliphatic heterocycles. The molecule has 0 aliphatic carbocycles. The summed E-state index contributed by atoms with van der Waals surface area (Å²) in [6.45, 7) is 8.99. The number of nitriles is 1. The van der Waals surface area contributed by atoms with Crippen molar-refractivity contribution in [2.24, 2.45) is 5.92 Å². The molecule has 0 bridgehead atoms. The fraction of sp³-hybridized carbons (Fsp3) is 0.286. The van der Waals surface area contributed by atoms with Crippen LogP contribution in [0, 0.1) is 24.2 Å². The summed E-state index contributed by atoms with van der Waals surface area (Å²) in [5.41, 5.74) is 1.14. The van der Waals surface area contributed by atoms with Crippen molar-refractivity contribution in [3.05, 3.63) is 99.0 Å². The molecular formula is C35H33ClN2O7S. The highest BCUT2D eigenvalue weighted by atomic mass is 35.5. The molecule has 4 rings (SSSR count). The van der Waals surface area contributed by atoms with E-state index in [9.17, 15) is 19.6 Å². The summed E-state index contributed by atoms with van der Waals surface area (Å²) in [6.07, 6.45) is 0. The highest BCUT2D eigenvalue weighted by Gasteiger charge is 2.32. The van der Waals surface area contributed by atoms with Gasteiger partial charge in [-0.3, -0.25) is 4.79 Å². The number of carbonyl (C=O) groups excluding carboxylic acids is 3. The highest BCUT2D eigenvalue weighted by molar-refractivity contribution is 7.17. The van der Waals surface area contributed by atoms with Crippen molar-refractivity contribution < 1.29 is 33.3 Å². The van der Waals surface area contributed by atoms with E-state index in [1.165, 1.54) is 0 Å². The summed E-state index contributed by atoms with van der Waals surface area (Å²) in [7, 11) is 0. The normalized spacial score (nSPS) is 11.1. The molecule has 1 aromatic heterocycles. The number of ether oxygens (including phenoxy) is 4. The lowest BCUT2D eigenvalue weighted by Crippen LogP contribution is -2.40. The molecule has 9 nitrogen and oxygen atoms in total. The Morgan fingerprint density at radius 2 is 1.59 bits per heavy atom. The molecule has 0 atom stereocenters. The Hall–Kier alpha value is -4.72. The van der Waals surface area contributed by atoms with Crippen molar-refractivity contribution in [1.82, 2.24) is 4.98 Å². The van der Waals surface area contributed by atoms with Crippen LogP contribution in [0.1, 0.15) is 64.5 Å². The number of hydrogen-bond donors (Lipinski definition) is 0. The molecule has 0 spiro atoms. The fourth-order valence-electron chi connectivity index (χ4n) is 4.13. The third kappa shape index (κ3) is 8.71. The molecule has 3 aromatic carbocycles. The maximum atomic E-state index is 12.8. The summed E-state index contributed by atoms with van der Waals surface area (Å²) < 4.78 is 22.2. The number of ketones is 1. The largest absolute Gasteiger partial charge is 0.492 e. The lowest BCUT2D eigenvalue weighted by molar-refractivity contribution is -0.160. The number of aryl methyl sites for hydroxylation is 1. The molecule has 0 radical (unpaired) electrons. The number of hydrogen-bond acceptors (Lipinski definition) is 10. The Kier molecular flexibility index (Phi) is 11.2. The minimum Gasteiger partial charge on any atom is -0.492 e. The van der Waals surface area contributed by atoms with Crippen LogP contribution in [-0.4, -0.2) is 48.1 Å². The summed E-state index contributed by atoms with van der Waals surface area (Å²) in [6, 6.07) is 20.4. The van der Waals surface area contributed by atoms with Crippen molar-refractivity contribution in [2.45, 2.75) is 40.2 Å². The van der Waals surface area contributed by atoms with Crippen LogP contribution < -0.4 is 9.47 Å². The first-order valence-electron chi connectivity index (χ1n) is 14.5. The summed E-state index contributed by atoms with van der Waals surface area (Å²) in [5, 5.41) is 10.7. The summed E-state index contributed by atoms with van der Waals surface area (Å²) in [5.74, 6) is -0.244. The van der Waals surface area contributed by atoms with Crippen LogP contribution >= 0.6 is 22.9 Å². The van der Waals surface area contributed by atoms with Crippen molar-refractivity contribution in [1.29, 1.82) is 5.26 Å². The van der Waals surface area contributed by atoms with E-state index in [-0.39, 0.29) is 19.0 Å². The molecule has 0 saturated heterocycles. The third-order valence-corrected chi connectivity index (χ3v) is 7.98. The van der Waals surface area contributed by atoms with E-state index < -0.39 is 17.5 Å². The van der Waals surface area contributed by atoms with Crippen LogP contribution in [0.5, 0.6) is 11.5 Å². The van der Waals surface area contributed by atoms with Gasteiger partial charge in [-0.05, 0) is 93.4 Å². The first-order chi connectivity index (χ1) is 21.9. The van der Waals surface area contributed by atoms with Crippen LogP contribution in [0.2, 0.25) is 5.02 Å². The molecule has 4 aromatic rings. The van der Waals surface area contributed by atoms with Crippen molar-refractivity contribution >= 4 is 40.7 Å². The van der Waals surface area contributed by atoms with Gasteiger partial charge in [0, 0.05) is 21.7 Å². The minimum atomic E-state index is -1.35. The first-order valence-corrected chi connectivity index (χ1v) is 15.7. The quantitative estimate of drug-likeness (QED) is 0.0816. The lowest BCUT2D eigenvalue weighted by atomic mass is 10.0. The van der Waals surface area contributed by atoms with E-state index in [0.29, 0.717) is 66.9 Å². The molecule has 46 heavy (non-hydrogen) atoms. The second-order valence-corrected chi connectivity index (χ2v) is 12.6. The van der Waals surface area contributed by atoms with Crippen LogP contribution in [-0.2, 0) is 14.3 Å². The number of halogens is 1. The van der Waals surface area contributed by atoms with Gasteiger partial charge < -0.3 is 18.9 Å². The third-order valence-electron chi connectivity index (χ3n) is 6.54. The van der Waals surface area contributed by atoms with Gasteiger partial charge in [0.2, 0.25) is 0 Å². The number of carbonyl (C=O) groups is 3. The van der Waals surface area contributed by atoms with E-state index in [0.717, 1.165) is 11.3 Å². The Morgan fingerprint density at radius 3 is 2.22 bits per heavy atom. The maximum absolute atomic E-state index is 12.8. The zero-order chi connectivity index (χ0) is 33.4. The zero-order valence-corrected chi connectivity index (χ0v) is 27.7. The molecule has 0 N–H and O–H groups in total. The average Bonchev–Trinajstić information content (AvgIpc) is 3.43. The molecule has 0 saturated carbocycles. The van der Waals surface area contributed by atoms with E-state index in [1.54, 1.807) is 87.5 Å². The second kappa shape index (κ2) is 15.0. The van der Waals surface area contributed by atoms with Crippen molar-refractivity contribution in [2.75, 3.05) is 19.8 Å². The molecule has 0 amide bonds. The monoisotopic (exact) mass is 660 g/mol. The standard InChI is InChI=1S/C35H33ClN2O7S/c1-21(2)20-44-29-15-10-25(18-26(29)19-37)32-38-22(3)31(46-32)33(40)42-16-17-43-34(41)35(4,5)45-28-13-8-24(9-14-28)30(39)23-6-11-27(36)12-7-23/h6-15,18,21H,16-17,20H2,1-5H3. The van der Waals surface area contributed by atoms with Crippen LogP contribution in [0.25, 0.3) is 10.6 Å². The number of esters is 2. The van der Waals surface area contributed by atoms with Crippen LogP contribution in [0.15, 0.2) is 66.7 Å². The maximum Gasteiger partial charge on any atom is 0.350 e. The van der Waals surface area contributed by atoms with E-state index >= 15 is 0 Å². The van der Waals surface area contributed by atoms with Gasteiger partial charge >= 0.3 is 11.9 Å². The van der Waals surface area contributed by atoms with Gasteiger partial charge in [0.15, 0.2) is 11.4 Å². The summed E-state index contributed by atoms with van der Waals surface area (Å²) in [4.78, 5) is 43.0. The van der Waals surface area contributed by atoms with Gasteiger partial charge in [0.05, 0.1) is 17.9 Å². The van der Waals surface area contributed by atoms with E-state index in [2.05, 4.69) is 11.1 Å². The fourth-order valence-corrected chi connectivity index (χ4v) is 5.21. The minimum absolute atomic E-state index is 0.171. The van der Waals surface area contributed by atoms with Gasteiger partial charge in [-0.2, -0.15) is 5.26 Å². The Morgan fingerprint density at radius 1 is 0.957 bits per heavy atom. The van der Waals surface area contributed by atoms with Gasteiger partial charge in [0.1, 0.15) is 40.7 Å².